The number of hydrogen-bond acceptors (Lipinski definition) is 6. The smallest absolute Gasteiger partial charge is 0.306 e. The first-order valence-electron chi connectivity index (χ1n) is 10.2. The van der Waals surface area contributed by atoms with E-state index < -0.39 is 5.97 Å². The lowest BCUT2D eigenvalue weighted by Crippen LogP contribution is -2.14. The summed E-state index contributed by atoms with van der Waals surface area (Å²) in [6, 6.07) is 5.86. The van der Waals surface area contributed by atoms with Crippen molar-refractivity contribution in [1.82, 2.24) is 9.97 Å². The molecule has 156 valence electrons. The van der Waals surface area contributed by atoms with E-state index in [0.717, 1.165) is 29.7 Å². The zero-order chi connectivity index (χ0) is 21.3. The van der Waals surface area contributed by atoms with Gasteiger partial charge in [0.15, 0.2) is 5.78 Å². The fraction of sp³-hybridized carbons (Fsp3) is 0.391. The van der Waals surface area contributed by atoms with Crippen LogP contribution in [-0.2, 0) is 29.0 Å². The predicted octanol–water partition coefficient (Wildman–Crippen LogP) is 4.19. The van der Waals surface area contributed by atoms with Crippen LogP contribution in [0.3, 0.4) is 0 Å². The molecule has 1 aliphatic carbocycles. The molecule has 7 heteroatoms. The molecule has 1 aromatic carbocycles. The Morgan fingerprint density at radius 2 is 1.90 bits per heavy atom. The van der Waals surface area contributed by atoms with Gasteiger partial charge in [0.1, 0.15) is 17.3 Å². The summed E-state index contributed by atoms with van der Waals surface area (Å²) < 4.78 is 5.23. The number of aryl methyl sites for hydroxylation is 4. The Morgan fingerprint density at radius 1 is 1.13 bits per heavy atom. The number of aromatic amines is 1. The first kappa shape index (κ1) is 20.5. The summed E-state index contributed by atoms with van der Waals surface area (Å²) in [6.45, 7) is 3.72. The second-order valence-electron chi connectivity index (χ2n) is 7.75. The lowest BCUT2D eigenvalue weighted by atomic mass is 9.89. The van der Waals surface area contributed by atoms with Gasteiger partial charge in [0.25, 0.3) is 5.56 Å². The number of ketones is 1. The number of nitrogens with zero attached hydrogens (tertiary/aromatic N) is 1. The lowest BCUT2D eigenvalue weighted by Gasteiger charge is -2.16. The molecular weight excluding hydrogens is 400 g/mol. The molecule has 0 atom stereocenters. The Balaban J connectivity index is 1.33. The van der Waals surface area contributed by atoms with Crippen LogP contribution in [0.4, 0.5) is 0 Å². The van der Waals surface area contributed by atoms with Crippen LogP contribution in [0.1, 0.15) is 63.4 Å². The highest BCUT2D eigenvalue weighted by molar-refractivity contribution is 7.18. The van der Waals surface area contributed by atoms with E-state index in [9.17, 15) is 14.4 Å². The number of nitrogens with one attached hydrogen (secondary N) is 1. The van der Waals surface area contributed by atoms with Gasteiger partial charge in [-0.05, 0) is 62.3 Å². The van der Waals surface area contributed by atoms with Gasteiger partial charge in [-0.2, -0.15) is 0 Å². The standard InChI is InChI=1S/C23H24N2O4S/c1-13-14(2)30-23-21(13)22(28)24-19(25-23)12-29-20(27)10-9-18(26)17-8-7-15-5-3-4-6-16(15)11-17/h7-8,11H,3-6,9-10,12H2,1-2H3,(H,24,25,28). The number of carbonyl (C=O) groups excluding carboxylic acids is 2. The maximum atomic E-state index is 12.5. The molecule has 0 amide bonds. The van der Waals surface area contributed by atoms with Crippen LogP contribution in [0.25, 0.3) is 10.2 Å². The minimum Gasteiger partial charge on any atom is -0.458 e. The normalized spacial score (nSPS) is 13.3. The van der Waals surface area contributed by atoms with Gasteiger partial charge in [0.2, 0.25) is 0 Å². The number of carbonyl (C=O) groups is 2. The van der Waals surface area contributed by atoms with Gasteiger partial charge >= 0.3 is 5.97 Å². The third kappa shape index (κ3) is 4.21. The summed E-state index contributed by atoms with van der Waals surface area (Å²) in [5.74, 6) is -0.233. The molecule has 2 heterocycles. The Bertz CT molecular complexity index is 1190. The van der Waals surface area contributed by atoms with Gasteiger partial charge in [0, 0.05) is 16.9 Å². The maximum absolute atomic E-state index is 12.5. The number of ether oxygens (including phenoxy) is 1. The van der Waals surface area contributed by atoms with Crippen LogP contribution in [0.5, 0.6) is 0 Å². The molecule has 0 bridgehead atoms. The van der Waals surface area contributed by atoms with Crippen LogP contribution in [0.15, 0.2) is 23.0 Å². The quantitative estimate of drug-likeness (QED) is 0.473. The molecule has 4 rings (SSSR count). The molecular formula is C23H24N2O4S. The predicted molar refractivity (Wildman–Crippen MR) is 116 cm³/mol. The number of aromatic nitrogens is 2. The molecule has 0 saturated heterocycles. The number of esters is 1. The number of H-pyrrole nitrogens is 1. The van der Waals surface area contributed by atoms with Crippen molar-refractivity contribution in [2.24, 2.45) is 0 Å². The first-order valence-corrected chi connectivity index (χ1v) is 11.0. The van der Waals surface area contributed by atoms with Crippen molar-refractivity contribution >= 4 is 33.3 Å². The molecule has 0 saturated carbocycles. The molecule has 0 unspecified atom stereocenters. The SMILES string of the molecule is Cc1sc2nc(COC(=O)CCC(=O)c3ccc4c(c3)CCCC4)[nH]c(=O)c2c1C. The monoisotopic (exact) mass is 424 g/mol. The number of benzene rings is 1. The van der Waals surface area contributed by atoms with E-state index >= 15 is 0 Å². The van der Waals surface area contributed by atoms with Crippen molar-refractivity contribution in [2.45, 2.75) is 59.0 Å². The molecule has 3 aromatic rings. The van der Waals surface area contributed by atoms with Crippen LogP contribution in [0.2, 0.25) is 0 Å². The van der Waals surface area contributed by atoms with E-state index in [0.29, 0.717) is 21.6 Å². The summed E-state index contributed by atoms with van der Waals surface area (Å²) >= 11 is 1.45. The molecule has 1 N–H and O–H groups in total. The summed E-state index contributed by atoms with van der Waals surface area (Å²) in [5.41, 5.74) is 3.93. The highest BCUT2D eigenvalue weighted by Gasteiger charge is 2.16. The van der Waals surface area contributed by atoms with Gasteiger partial charge in [0.05, 0.1) is 11.8 Å². The second kappa shape index (κ2) is 8.52. The second-order valence-corrected chi connectivity index (χ2v) is 8.95. The van der Waals surface area contributed by atoms with Gasteiger partial charge in [-0.15, -0.1) is 11.3 Å². The summed E-state index contributed by atoms with van der Waals surface area (Å²) in [5, 5.41) is 0.586. The van der Waals surface area contributed by atoms with Crippen LogP contribution < -0.4 is 5.56 Å². The van der Waals surface area contributed by atoms with E-state index in [1.54, 1.807) is 0 Å². The number of fused-ring (bicyclic) bond motifs is 2. The summed E-state index contributed by atoms with van der Waals surface area (Å²) in [6.07, 6.45) is 4.54. The Kier molecular flexibility index (Phi) is 5.81. The van der Waals surface area contributed by atoms with E-state index in [1.807, 2.05) is 32.0 Å². The number of thiophene rings is 1. The van der Waals surface area contributed by atoms with Crippen LogP contribution in [0, 0.1) is 13.8 Å². The number of rotatable bonds is 6. The van der Waals surface area contributed by atoms with E-state index in [-0.39, 0.29) is 30.8 Å². The fourth-order valence-corrected chi connectivity index (χ4v) is 4.90. The van der Waals surface area contributed by atoms with Crippen LogP contribution >= 0.6 is 11.3 Å². The van der Waals surface area contributed by atoms with Gasteiger partial charge in [-0.1, -0.05) is 12.1 Å². The van der Waals surface area contributed by atoms with Crippen molar-refractivity contribution in [1.29, 1.82) is 0 Å². The van der Waals surface area contributed by atoms with Crippen molar-refractivity contribution < 1.29 is 14.3 Å². The van der Waals surface area contributed by atoms with E-state index in [2.05, 4.69) is 9.97 Å². The van der Waals surface area contributed by atoms with Crippen molar-refractivity contribution in [3.8, 4) is 0 Å². The topological polar surface area (TPSA) is 89.1 Å². The van der Waals surface area contributed by atoms with Gasteiger partial charge < -0.3 is 9.72 Å². The zero-order valence-corrected chi connectivity index (χ0v) is 18.0. The van der Waals surface area contributed by atoms with E-state index in [4.69, 9.17) is 4.74 Å². The largest absolute Gasteiger partial charge is 0.458 e. The maximum Gasteiger partial charge on any atom is 0.306 e. The molecule has 1 aliphatic rings. The molecule has 0 aliphatic heterocycles. The molecule has 0 spiro atoms. The summed E-state index contributed by atoms with van der Waals surface area (Å²) in [4.78, 5) is 45.6. The molecule has 2 aromatic heterocycles. The minimum absolute atomic E-state index is 0.000384. The van der Waals surface area contributed by atoms with Gasteiger partial charge in [-0.25, -0.2) is 4.98 Å². The Labute approximate surface area is 178 Å². The highest BCUT2D eigenvalue weighted by atomic mass is 32.1. The Hall–Kier alpha value is -2.80. The third-order valence-corrected chi connectivity index (χ3v) is 6.79. The lowest BCUT2D eigenvalue weighted by molar-refractivity contribution is -0.145. The molecule has 0 radical (unpaired) electrons. The number of Topliss-reactive ketones (excluding diaryl/α,β-unsaturated/α-hetero) is 1. The average molecular weight is 425 g/mol. The average Bonchev–Trinajstić information content (AvgIpc) is 3.04. The third-order valence-electron chi connectivity index (χ3n) is 5.68. The fourth-order valence-electron chi connectivity index (χ4n) is 3.86. The van der Waals surface area contributed by atoms with Crippen molar-refractivity contribution in [2.75, 3.05) is 0 Å². The zero-order valence-electron chi connectivity index (χ0n) is 17.2. The number of hydrogen-bond donors (Lipinski definition) is 1. The summed E-state index contributed by atoms with van der Waals surface area (Å²) in [7, 11) is 0. The molecule has 30 heavy (non-hydrogen) atoms. The van der Waals surface area contributed by atoms with Crippen LogP contribution in [-0.4, -0.2) is 21.7 Å². The minimum atomic E-state index is -0.484. The highest BCUT2D eigenvalue weighted by Crippen LogP contribution is 2.26. The van der Waals surface area contributed by atoms with Gasteiger partial charge in [-0.3, -0.25) is 14.4 Å². The Morgan fingerprint density at radius 3 is 2.70 bits per heavy atom. The molecule has 6 nitrogen and oxygen atoms in total. The first-order chi connectivity index (χ1) is 14.4. The van der Waals surface area contributed by atoms with Crippen molar-refractivity contribution in [3.63, 3.8) is 0 Å². The molecule has 0 fully saturated rings. The van der Waals surface area contributed by atoms with E-state index in [1.165, 1.54) is 28.9 Å². The van der Waals surface area contributed by atoms with Crippen molar-refractivity contribution in [3.05, 3.63) is 61.5 Å².